The van der Waals surface area contributed by atoms with Crippen LogP contribution in [-0.2, 0) is 5.41 Å². The van der Waals surface area contributed by atoms with Crippen LogP contribution >= 0.6 is 0 Å². The Bertz CT molecular complexity index is 5420. The summed E-state index contributed by atoms with van der Waals surface area (Å²) >= 11 is 0. The average Bonchev–Trinajstić information content (AvgIpc) is 0.709. The van der Waals surface area contributed by atoms with Gasteiger partial charge in [0.15, 0.2) is 0 Å². The molecule has 0 amide bonds. The average molecular weight is 1250 g/mol. The van der Waals surface area contributed by atoms with E-state index in [1.54, 1.807) is 5.56 Å². The smallest absolute Gasteiger partial charge is 0.252 e. The molecule has 4 aliphatic carbocycles. The predicted molar refractivity (Wildman–Crippen MR) is 413 cm³/mol. The lowest BCUT2D eigenvalue weighted by Crippen LogP contribution is -2.61. The number of hydrogen-bond acceptors (Lipinski definition) is 2. The fourth-order valence-electron chi connectivity index (χ4n) is 19.1. The maximum atomic E-state index is 2.70. The van der Waals surface area contributed by atoms with Crippen LogP contribution in [0.25, 0.3) is 105 Å². The molecule has 4 heteroatoms. The lowest BCUT2D eigenvalue weighted by Gasteiger charge is -2.57. The minimum absolute atomic E-state index is 0.202. The first-order chi connectivity index (χ1) is 48.5. The summed E-state index contributed by atoms with van der Waals surface area (Å²) in [6, 6.07) is 126. The van der Waals surface area contributed by atoms with Crippen molar-refractivity contribution in [1.82, 2.24) is 4.57 Å². The molecule has 3 nitrogen and oxygen atoms in total. The molecule has 3 heterocycles. The Morgan fingerprint density at radius 3 is 1.11 bits per heavy atom. The van der Waals surface area contributed by atoms with E-state index in [1.807, 2.05) is 0 Å². The third-order valence-corrected chi connectivity index (χ3v) is 22.9. The second kappa shape index (κ2) is 22.9. The zero-order chi connectivity index (χ0) is 64.4. The van der Waals surface area contributed by atoms with Crippen molar-refractivity contribution in [2.24, 2.45) is 17.8 Å². The molecule has 0 N–H and O–H groups in total. The van der Waals surface area contributed by atoms with Gasteiger partial charge in [0.25, 0.3) is 6.71 Å². The molecule has 4 saturated carbocycles. The maximum absolute atomic E-state index is 2.70. The topological polar surface area (TPSA) is 11.4 Å². The first-order valence-corrected chi connectivity index (χ1v) is 35.3. The minimum atomic E-state index is -0.202. The van der Waals surface area contributed by atoms with Crippen molar-refractivity contribution in [3.05, 3.63) is 339 Å². The molecule has 0 spiro atoms. The second-order valence-corrected chi connectivity index (χ2v) is 28.5. The van der Waals surface area contributed by atoms with Crippen LogP contribution in [0.2, 0.25) is 0 Å². The molecule has 1 aromatic heterocycles. The quantitative estimate of drug-likeness (QED) is 0.120. The number of aromatic nitrogens is 1. The predicted octanol–water partition coefficient (Wildman–Crippen LogP) is 23.0. The summed E-state index contributed by atoms with van der Waals surface area (Å²) in [5, 5.41) is 2.67. The van der Waals surface area contributed by atoms with Gasteiger partial charge in [0.2, 0.25) is 0 Å². The molecule has 0 saturated heterocycles. The molecule has 4 bridgehead atoms. The molecule has 0 unspecified atom stereocenters. The molecule has 0 radical (unpaired) electrons. The zero-order valence-electron chi connectivity index (χ0n) is 54.6. The van der Waals surface area contributed by atoms with Gasteiger partial charge >= 0.3 is 0 Å². The van der Waals surface area contributed by atoms with Crippen molar-refractivity contribution in [1.29, 1.82) is 0 Å². The Hall–Kier alpha value is -11.5. The van der Waals surface area contributed by atoms with Gasteiger partial charge in [-0.05, 0) is 218 Å². The highest BCUT2D eigenvalue weighted by atomic mass is 15.2. The van der Waals surface area contributed by atoms with Crippen LogP contribution in [0.4, 0.5) is 34.1 Å². The van der Waals surface area contributed by atoms with E-state index in [2.05, 4.69) is 348 Å². The third kappa shape index (κ3) is 9.18. The monoisotopic (exact) mass is 1250 g/mol. The normalized spacial score (nSPS) is 17.8. The Labute approximate surface area is 574 Å². The van der Waals surface area contributed by atoms with E-state index in [0.717, 1.165) is 124 Å². The molecular weight excluding hydrogens is 1180 g/mol. The van der Waals surface area contributed by atoms with Crippen molar-refractivity contribution in [3.63, 3.8) is 0 Å². The maximum Gasteiger partial charge on any atom is 0.252 e. The molecule has 0 atom stereocenters. The Morgan fingerprint density at radius 1 is 0.276 bits per heavy atom. The largest absolute Gasteiger partial charge is 0.310 e. The molecule has 98 heavy (non-hydrogen) atoms. The van der Waals surface area contributed by atoms with Crippen molar-refractivity contribution < 1.29 is 0 Å². The molecule has 14 aromatic carbocycles. The lowest BCUT2D eigenvalue weighted by atomic mass is 9.33. The summed E-state index contributed by atoms with van der Waals surface area (Å²) in [6.45, 7) is -0.202. The van der Waals surface area contributed by atoms with Crippen molar-refractivity contribution in [2.45, 2.75) is 43.9 Å². The van der Waals surface area contributed by atoms with Crippen molar-refractivity contribution in [3.8, 4) is 83.6 Å². The number of rotatable bonds is 11. The van der Waals surface area contributed by atoms with Crippen LogP contribution in [0.3, 0.4) is 0 Å². The number of anilines is 6. The molecule has 4 fully saturated rings. The fourth-order valence-corrected chi connectivity index (χ4v) is 19.1. The highest BCUT2D eigenvalue weighted by molar-refractivity contribution is 7.00. The van der Waals surface area contributed by atoms with Gasteiger partial charge in [0.1, 0.15) is 0 Å². The van der Waals surface area contributed by atoms with Gasteiger partial charge in [-0.1, -0.05) is 255 Å². The number of benzene rings is 14. The summed E-state index contributed by atoms with van der Waals surface area (Å²) in [7, 11) is 0. The van der Waals surface area contributed by atoms with Crippen LogP contribution in [0, 0.1) is 17.8 Å². The number of hydrogen-bond donors (Lipinski definition) is 0. The van der Waals surface area contributed by atoms with Gasteiger partial charge in [-0.2, -0.15) is 0 Å². The van der Waals surface area contributed by atoms with E-state index in [-0.39, 0.29) is 12.1 Å². The molecule has 21 rings (SSSR count). The van der Waals surface area contributed by atoms with Gasteiger partial charge in [0.05, 0.1) is 22.4 Å². The van der Waals surface area contributed by atoms with Gasteiger partial charge in [-0.15, -0.1) is 0 Å². The summed E-state index contributed by atoms with van der Waals surface area (Å²) in [6.07, 6.45) is 8.33. The number of nitrogens with zero attached hydrogens (tertiary/aromatic N) is 3. The number of fused-ring (bicyclic) bond motifs is 7. The van der Waals surface area contributed by atoms with E-state index in [0.29, 0.717) is 0 Å². The van der Waals surface area contributed by atoms with Crippen LogP contribution in [0.1, 0.15) is 44.1 Å². The van der Waals surface area contributed by atoms with E-state index in [4.69, 9.17) is 0 Å². The summed E-state index contributed by atoms with van der Waals surface area (Å²) < 4.78 is 2.60. The van der Waals surface area contributed by atoms with Crippen LogP contribution in [-0.4, -0.2) is 11.3 Å². The van der Waals surface area contributed by atoms with E-state index in [9.17, 15) is 0 Å². The Morgan fingerprint density at radius 2 is 0.653 bits per heavy atom. The third-order valence-electron chi connectivity index (χ3n) is 22.9. The van der Waals surface area contributed by atoms with Gasteiger partial charge in [-0.3, -0.25) is 0 Å². The first kappa shape index (κ1) is 56.9. The van der Waals surface area contributed by atoms with Crippen molar-refractivity contribution >= 4 is 79.0 Å². The Balaban J connectivity index is 0.915. The highest BCUT2D eigenvalue weighted by Gasteiger charge is 2.52. The SMILES string of the molecule is c1ccc(-c2cc(-c3ccccc3)c(N3c4ccccc4B4c5cc(-n6c7ccccc7c7cc(C89CC%10CC(CC(C%10)C8)C9)ccc76)ccc5N(c5c(-c6ccccc6)cc(-c6ccccc6)cc5-c5ccccc5)c5cc(-c6ccccc6)cc3c54)c(-c3ccccc3)c2)cc1. The van der Waals surface area contributed by atoms with E-state index < -0.39 is 0 Å². The van der Waals surface area contributed by atoms with Gasteiger partial charge in [-0.25, -0.2) is 0 Å². The second-order valence-electron chi connectivity index (χ2n) is 28.5. The Kier molecular flexibility index (Phi) is 13.3. The van der Waals surface area contributed by atoms with Crippen LogP contribution in [0.5, 0.6) is 0 Å². The van der Waals surface area contributed by atoms with Gasteiger partial charge in [0, 0.05) is 61.5 Å². The standard InChI is InChI=1S/C94H70BN3/c1-8-26-65(27-9-1)72-51-78(68-32-14-4-15-33-68)92(79(52-72)69-34-16-5-17-35-69)97-87-43-25-23-41-83(87)95-84-58-76(96-85-42-24-22-40-77(85)82-57-75(44-46-86(82)96)94-59-62-48-63(60-94)50-64(49-62)61-94)45-47-88(84)98(90-56-74(55-89(97)91(90)95)67-30-12-3-13-31-67)93-80(70-36-18-6-19-37-70)53-73(66-28-10-2-11-29-66)54-81(93)71-38-20-7-21-39-71/h1-47,51-58,62-64H,48-50,59-61H2. The van der Waals surface area contributed by atoms with Crippen LogP contribution < -0.4 is 26.2 Å². The first-order valence-electron chi connectivity index (χ1n) is 35.3. The molecule has 2 aliphatic heterocycles. The molecule has 15 aromatic rings. The van der Waals surface area contributed by atoms with Crippen molar-refractivity contribution in [2.75, 3.05) is 9.80 Å². The summed E-state index contributed by atoms with van der Waals surface area (Å²) in [5.74, 6) is 2.60. The number of para-hydroxylation sites is 2. The van der Waals surface area contributed by atoms with Gasteiger partial charge < -0.3 is 14.4 Å². The van der Waals surface area contributed by atoms with Crippen LogP contribution in [0.15, 0.2) is 334 Å². The molecule has 6 aliphatic rings. The fraction of sp³-hybridized carbons (Fsp3) is 0.106. The molecular formula is C94H70BN3. The zero-order valence-corrected chi connectivity index (χ0v) is 54.6. The molecule has 464 valence electrons. The highest BCUT2D eigenvalue weighted by Crippen LogP contribution is 2.62. The summed E-state index contributed by atoms with van der Waals surface area (Å²) in [5.41, 5.74) is 32.3. The minimum Gasteiger partial charge on any atom is -0.310 e. The van der Waals surface area contributed by atoms with E-state index >= 15 is 0 Å². The summed E-state index contributed by atoms with van der Waals surface area (Å²) in [4.78, 5) is 5.37. The van der Waals surface area contributed by atoms with E-state index in [1.165, 1.54) is 87.8 Å². The lowest BCUT2D eigenvalue weighted by molar-refractivity contribution is -0.00512.